The maximum absolute atomic E-state index is 11.1. The number of carbonyl (C=O) groups excluding carboxylic acids is 2. The van der Waals surface area contributed by atoms with Gasteiger partial charge >= 0.3 is 11.9 Å². The first-order chi connectivity index (χ1) is 5.86. The van der Waals surface area contributed by atoms with Gasteiger partial charge in [0.1, 0.15) is 12.1 Å². The van der Waals surface area contributed by atoms with Crippen LogP contribution in [0, 0.1) is 5.92 Å². The summed E-state index contributed by atoms with van der Waals surface area (Å²) in [6.07, 6.45) is 0. The van der Waals surface area contributed by atoms with Gasteiger partial charge in [0.05, 0.1) is 0 Å². The maximum Gasteiger partial charge on any atom is 0.330 e. The molecule has 0 aliphatic heterocycles. The summed E-state index contributed by atoms with van der Waals surface area (Å²) in [5.41, 5.74) is 10.6. The van der Waals surface area contributed by atoms with Crippen LogP contribution < -0.4 is 11.5 Å². The summed E-state index contributed by atoms with van der Waals surface area (Å²) in [6.45, 7) is 4.97. The van der Waals surface area contributed by atoms with Crippen molar-refractivity contribution in [3.63, 3.8) is 0 Å². The summed E-state index contributed by atoms with van der Waals surface area (Å²) in [5.74, 6) is -1.54. The molecule has 0 aliphatic carbocycles. The highest BCUT2D eigenvalue weighted by molar-refractivity contribution is 5.90. The van der Waals surface area contributed by atoms with Crippen LogP contribution in [0.15, 0.2) is 0 Å². The molecule has 0 aromatic carbocycles. The molecule has 76 valence electrons. The predicted octanol–water partition coefficient (Wildman–Crippen LogP) is -0.613. The average Bonchev–Trinajstić information content (AvgIpc) is 2.02. The minimum Gasteiger partial charge on any atom is -0.391 e. The topological polar surface area (TPSA) is 95.4 Å². The second-order valence-corrected chi connectivity index (χ2v) is 3.30. The normalized spacial score (nSPS) is 15.2. The van der Waals surface area contributed by atoms with E-state index in [2.05, 4.69) is 4.74 Å². The zero-order valence-corrected chi connectivity index (χ0v) is 8.11. The first kappa shape index (κ1) is 12.1. The summed E-state index contributed by atoms with van der Waals surface area (Å²) in [4.78, 5) is 21.9. The third-order valence-corrected chi connectivity index (χ3v) is 1.56. The summed E-state index contributed by atoms with van der Waals surface area (Å²) in [5, 5.41) is 0. The highest BCUT2D eigenvalue weighted by Crippen LogP contribution is 2.01. The molecule has 0 saturated carbocycles. The molecule has 5 heteroatoms. The Bertz CT molecular complexity index is 202. The van der Waals surface area contributed by atoms with E-state index in [4.69, 9.17) is 11.5 Å². The zero-order chi connectivity index (χ0) is 10.6. The van der Waals surface area contributed by atoms with Crippen molar-refractivity contribution in [3.05, 3.63) is 0 Å². The number of hydrogen-bond acceptors (Lipinski definition) is 5. The summed E-state index contributed by atoms with van der Waals surface area (Å²) < 4.78 is 4.41. The Labute approximate surface area is 77.4 Å². The van der Waals surface area contributed by atoms with Crippen LogP contribution in [0.2, 0.25) is 0 Å². The van der Waals surface area contributed by atoms with Gasteiger partial charge < -0.3 is 16.2 Å². The number of esters is 2. The lowest BCUT2D eigenvalue weighted by atomic mass is 10.1. The Hall–Kier alpha value is -0.940. The van der Waals surface area contributed by atoms with Gasteiger partial charge in [-0.15, -0.1) is 0 Å². The van der Waals surface area contributed by atoms with Crippen molar-refractivity contribution in [3.8, 4) is 0 Å². The quantitative estimate of drug-likeness (QED) is 0.455. The predicted molar refractivity (Wildman–Crippen MR) is 47.6 cm³/mol. The van der Waals surface area contributed by atoms with Gasteiger partial charge in [-0.05, 0) is 12.8 Å². The Morgan fingerprint density at radius 2 is 1.54 bits per heavy atom. The van der Waals surface area contributed by atoms with Gasteiger partial charge in [0.25, 0.3) is 0 Å². The lowest BCUT2D eigenvalue weighted by molar-refractivity contribution is -0.161. The Balaban J connectivity index is 4.08. The van der Waals surface area contributed by atoms with E-state index in [-0.39, 0.29) is 5.92 Å². The molecule has 0 aliphatic rings. The van der Waals surface area contributed by atoms with Crippen molar-refractivity contribution < 1.29 is 14.3 Å². The molecule has 0 heterocycles. The molecule has 5 nitrogen and oxygen atoms in total. The largest absolute Gasteiger partial charge is 0.391 e. The van der Waals surface area contributed by atoms with Crippen LogP contribution in [-0.2, 0) is 14.3 Å². The average molecular weight is 188 g/mol. The SMILES string of the molecule is CC(C)[C@@H](N)C(=O)OC(=O)[C@H](C)N. The van der Waals surface area contributed by atoms with Crippen LogP contribution in [-0.4, -0.2) is 24.0 Å². The lowest BCUT2D eigenvalue weighted by Gasteiger charge is -2.13. The molecule has 0 spiro atoms. The molecule has 0 fully saturated rings. The minimum absolute atomic E-state index is 0.0617. The fourth-order valence-corrected chi connectivity index (χ4v) is 0.532. The molecule has 4 N–H and O–H groups in total. The van der Waals surface area contributed by atoms with Gasteiger partial charge in [0, 0.05) is 0 Å². The van der Waals surface area contributed by atoms with E-state index in [0.717, 1.165) is 0 Å². The Morgan fingerprint density at radius 3 is 1.85 bits per heavy atom. The highest BCUT2D eigenvalue weighted by Gasteiger charge is 2.22. The molecule has 0 amide bonds. The molecule has 2 atom stereocenters. The summed E-state index contributed by atoms with van der Waals surface area (Å²) in [6, 6.07) is -1.58. The molecule has 0 aromatic heterocycles. The number of rotatable bonds is 3. The fourth-order valence-electron chi connectivity index (χ4n) is 0.532. The number of ether oxygens (including phenoxy) is 1. The molecular formula is C8H16N2O3. The maximum atomic E-state index is 11.1. The van der Waals surface area contributed by atoms with Gasteiger partial charge in [0.2, 0.25) is 0 Å². The van der Waals surface area contributed by atoms with Gasteiger partial charge in [0.15, 0.2) is 0 Å². The van der Waals surface area contributed by atoms with E-state index in [1.165, 1.54) is 6.92 Å². The molecule has 0 bridgehead atoms. The van der Waals surface area contributed by atoms with Crippen LogP contribution in [0.1, 0.15) is 20.8 Å². The van der Waals surface area contributed by atoms with Crippen LogP contribution in [0.25, 0.3) is 0 Å². The van der Waals surface area contributed by atoms with E-state index in [1.54, 1.807) is 13.8 Å². The van der Waals surface area contributed by atoms with Crippen molar-refractivity contribution in [1.29, 1.82) is 0 Å². The monoisotopic (exact) mass is 188 g/mol. The van der Waals surface area contributed by atoms with Gasteiger partial charge in [-0.2, -0.15) is 0 Å². The van der Waals surface area contributed by atoms with Gasteiger partial charge in [-0.25, -0.2) is 9.59 Å². The molecule has 0 aromatic rings. The van der Waals surface area contributed by atoms with E-state index < -0.39 is 24.0 Å². The molecular weight excluding hydrogens is 172 g/mol. The molecule has 13 heavy (non-hydrogen) atoms. The van der Waals surface area contributed by atoms with E-state index in [1.807, 2.05) is 0 Å². The third kappa shape index (κ3) is 4.00. The second-order valence-electron chi connectivity index (χ2n) is 3.30. The number of carbonyl (C=O) groups is 2. The fraction of sp³-hybridized carbons (Fsp3) is 0.750. The number of nitrogens with two attached hydrogens (primary N) is 2. The van der Waals surface area contributed by atoms with E-state index >= 15 is 0 Å². The summed E-state index contributed by atoms with van der Waals surface area (Å²) in [7, 11) is 0. The second kappa shape index (κ2) is 4.94. The van der Waals surface area contributed by atoms with E-state index in [0.29, 0.717) is 0 Å². The van der Waals surface area contributed by atoms with Crippen LogP contribution in [0.5, 0.6) is 0 Å². The van der Waals surface area contributed by atoms with Crippen LogP contribution in [0.3, 0.4) is 0 Å². The van der Waals surface area contributed by atoms with Crippen molar-refractivity contribution in [1.82, 2.24) is 0 Å². The Morgan fingerprint density at radius 1 is 1.08 bits per heavy atom. The van der Waals surface area contributed by atoms with Crippen LogP contribution in [0.4, 0.5) is 0 Å². The molecule has 0 unspecified atom stereocenters. The van der Waals surface area contributed by atoms with Crippen molar-refractivity contribution in [2.45, 2.75) is 32.9 Å². The first-order valence-electron chi connectivity index (χ1n) is 4.13. The van der Waals surface area contributed by atoms with E-state index in [9.17, 15) is 9.59 Å². The Kier molecular flexibility index (Phi) is 4.58. The van der Waals surface area contributed by atoms with Gasteiger partial charge in [-0.1, -0.05) is 13.8 Å². The van der Waals surface area contributed by atoms with Crippen molar-refractivity contribution in [2.24, 2.45) is 17.4 Å². The first-order valence-corrected chi connectivity index (χ1v) is 4.13. The van der Waals surface area contributed by atoms with Crippen LogP contribution >= 0.6 is 0 Å². The number of hydrogen-bond donors (Lipinski definition) is 2. The standard InChI is InChI=1S/C8H16N2O3/c1-4(2)6(10)8(12)13-7(11)5(3)9/h4-6H,9-10H2,1-3H3/t5-,6+/m0/s1. The molecule has 0 saturated heterocycles. The minimum atomic E-state index is -0.802. The van der Waals surface area contributed by atoms with Gasteiger partial charge in [-0.3, -0.25) is 0 Å². The summed E-state index contributed by atoms with van der Waals surface area (Å²) >= 11 is 0. The molecule has 0 radical (unpaired) electrons. The lowest BCUT2D eigenvalue weighted by Crippen LogP contribution is -2.41. The van der Waals surface area contributed by atoms with Crippen molar-refractivity contribution in [2.75, 3.05) is 0 Å². The molecule has 0 rings (SSSR count). The highest BCUT2D eigenvalue weighted by atomic mass is 16.6. The van der Waals surface area contributed by atoms with Crippen molar-refractivity contribution >= 4 is 11.9 Å². The zero-order valence-electron chi connectivity index (χ0n) is 8.11. The smallest absolute Gasteiger partial charge is 0.330 e. The third-order valence-electron chi connectivity index (χ3n) is 1.56.